The summed E-state index contributed by atoms with van der Waals surface area (Å²) < 4.78 is 10.8. The second-order valence-electron chi connectivity index (χ2n) is 3.88. The average Bonchev–Trinajstić information content (AvgIpc) is 2.84. The first-order chi connectivity index (χ1) is 7.70. The van der Waals surface area contributed by atoms with Crippen molar-refractivity contribution in [2.24, 2.45) is 0 Å². The number of ketones is 1. The van der Waals surface area contributed by atoms with E-state index in [2.05, 4.69) is 0 Å². The van der Waals surface area contributed by atoms with E-state index in [1.165, 1.54) is 0 Å². The van der Waals surface area contributed by atoms with Crippen molar-refractivity contribution in [2.75, 3.05) is 0 Å². The van der Waals surface area contributed by atoms with E-state index in [1.54, 1.807) is 25.5 Å². The van der Waals surface area contributed by atoms with E-state index < -0.39 is 0 Å². The van der Waals surface area contributed by atoms with Crippen molar-refractivity contribution in [2.45, 2.75) is 13.8 Å². The molecule has 3 nitrogen and oxygen atoms in total. The number of aryl methyl sites for hydroxylation is 1. The topological polar surface area (TPSA) is 43.4 Å². The molecule has 0 amide bonds. The van der Waals surface area contributed by atoms with Crippen molar-refractivity contribution >= 4 is 27.7 Å². The lowest BCUT2D eigenvalue weighted by Crippen LogP contribution is -1.94. The van der Waals surface area contributed by atoms with E-state index in [0.29, 0.717) is 11.1 Å². The van der Waals surface area contributed by atoms with Crippen LogP contribution in [-0.2, 0) is 0 Å². The molecule has 0 N–H and O–H groups in total. The summed E-state index contributed by atoms with van der Waals surface area (Å²) in [6, 6.07) is 3.67. The van der Waals surface area contributed by atoms with Crippen LogP contribution in [0.5, 0.6) is 0 Å². The molecule has 0 fully saturated rings. The number of carbonyl (C=O) groups is 1. The summed E-state index contributed by atoms with van der Waals surface area (Å²) in [5.74, 6) is -0.00801. The summed E-state index contributed by atoms with van der Waals surface area (Å²) in [6.07, 6.45) is 3.20. The van der Waals surface area contributed by atoms with Gasteiger partial charge in [-0.2, -0.15) is 0 Å². The average molecular weight is 214 g/mol. The van der Waals surface area contributed by atoms with Crippen molar-refractivity contribution in [1.29, 1.82) is 0 Å². The monoisotopic (exact) mass is 214 g/mol. The minimum atomic E-state index is -0.00801. The van der Waals surface area contributed by atoms with Gasteiger partial charge in [-0.15, -0.1) is 0 Å². The molecule has 0 aliphatic rings. The number of fused-ring (bicyclic) bond motifs is 2. The SMILES string of the molecule is CC(=O)c1c2ccoc2c(C)c2ccoc12. The van der Waals surface area contributed by atoms with E-state index in [-0.39, 0.29) is 5.78 Å². The van der Waals surface area contributed by atoms with Gasteiger partial charge < -0.3 is 8.83 Å². The van der Waals surface area contributed by atoms with Gasteiger partial charge in [0.05, 0.1) is 18.1 Å². The molecule has 0 atom stereocenters. The van der Waals surface area contributed by atoms with Crippen molar-refractivity contribution in [1.82, 2.24) is 0 Å². The highest BCUT2D eigenvalue weighted by molar-refractivity contribution is 6.17. The Bertz CT molecular complexity index is 649. The van der Waals surface area contributed by atoms with Crippen LogP contribution in [0.25, 0.3) is 21.9 Å². The van der Waals surface area contributed by atoms with Crippen LogP contribution in [0.1, 0.15) is 22.8 Å². The fraction of sp³-hybridized carbons (Fsp3) is 0.154. The van der Waals surface area contributed by atoms with Gasteiger partial charge in [0.25, 0.3) is 0 Å². The first-order valence-electron chi connectivity index (χ1n) is 5.08. The van der Waals surface area contributed by atoms with Crippen molar-refractivity contribution in [3.8, 4) is 0 Å². The van der Waals surface area contributed by atoms with Crippen molar-refractivity contribution < 1.29 is 13.6 Å². The Balaban J connectivity index is 2.67. The molecular formula is C13H10O3. The molecule has 0 aliphatic heterocycles. The molecule has 80 valence electrons. The van der Waals surface area contributed by atoms with Crippen LogP contribution >= 0.6 is 0 Å². The second-order valence-corrected chi connectivity index (χ2v) is 3.88. The summed E-state index contributed by atoms with van der Waals surface area (Å²) in [7, 11) is 0. The fourth-order valence-electron chi connectivity index (χ4n) is 2.19. The van der Waals surface area contributed by atoms with Crippen LogP contribution in [0.15, 0.2) is 33.5 Å². The highest BCUT2D eigenvalue weighted by atomic mass is 16.3. The minimum absolute atomic E-state index is 0.00801. The van der Waals surface area contributed by atoms with Crippen molar-refractivity contribution in [3.05, 3.63) is 35.8 Å². The maximum absolute atomic E-state index is 11.7. The summed E-state index contributed by atoms with van der Waals surface area (Å²) in [5.41, 5.74) is 3.03. The Kier molecular flexibility index (Phi) is 1.72. The molecule has 0 radical (unpaired) electrons. The highest BCUT2D eigenvalue weighted by Crippen LogP contribution is 2.33. The number of hydrogen-bond acceptors (Lipinski definition) is 3. The van der Waals surface area contributed by atoms with Gasteiger partial charge in [-0.1, -0.05) is 0 Å². The maximum Gasteiger partial charge on any atom is 0.164 e. The van der Waals surface area contributed by atoms with Gasteiger partial charge in [0.2, 0.25) is 0 Å². The molecule has 0 unspecified atom stereocenters. The predicted octanol–water partition coefficient (Wildman–Crippen LogP) is 3.69. The fourth-order valence-corrected chi connectivity index (χ4v) is 2.19. The normalized spacial score (nSPS) is 11.4. The van der Waals surface area contributed by atoms with Gasteiger partial charge in [0, 0.05) is 16.3 Å². The van der Waals surface area contributed by atoms with E-state index in [4.69, 9.17) is 8.83 Å². The first kappa shape index (κ1) is 9.21. The van der Waals surface area contributed by atoms with Gasteiger partial charge in [-0.25, -0.2) is 0 Å². The molecule has 3 rings (SSSR count). The summed E-state index contributed by atoms with van der Waals surface area (Å²) in [4.78, 5) is 11.7. The van der Waals surface area contributed by atoms with Gasteiger partial charge in [0.1, 0.15) is 11.2 Å². The van der Waals surface area contributed by atoms with Gasteiger partial charge in [0.15, 0.2) is 5.78 Å². The quantitative estimate of drug-likeness (QED) is 0.580. The Hall–Kier alpha value is -2.03. The molecule has 0 bridgehead atoms. The number of hydrogen-bond donors (Lipinski definition) is 0. The molecule has 2 aromatic heterocycles. The largest absolute Gasteiger partial charge is 0.464 e. The Morgan fingerprint density at radius 3 is 2.38 bits per heavy atom. The zero-order valence-electron chi connectivity index (χ0n) is 9.03. The van der Waals surface area contributed by atoms with Crippen LogP contribution < -0.4 is 0 Å². The number of Topliss-reactive ketones (excluding diaryl/α,β-unsaturated/α-hetero) is 1. The standard InChI is InChI=1S/C13H10O3/c1-7-9-3-5-16-13(9)11(8(2)14)10-4-6-15-12(7)10/h3-6H,1-2H3. The Labute approximate surface area is 91.6 Å². The molecule has 0 saturated carbocycles. The lowest BCUT2D eigenvalue weighted by Gasteiger charge is -2.03. The lowest BCUT2D eigenvalue weighted by molar-refractivity contribution is 0.102. The molecule has 0 aliphatic carbocycles. The summed E-state index contributed by atoms with van der Waals surface area (Å²) in [6.45, 7) is 3.51. The van der Waals surface area contributed by atoms with E-state index in [0.717, 1.165) is 21.9 Å². The summed E-state index contributed by atoms with van der Waals surface area (Å²) >= 11 is 0. The van der Waals surface area contributed by atoms with Crippen LogP contribution in [0, 0.1) is 6.92 Å². The molecule has 0 spiro atoms. The second kappa shape index (κ2) is 2.98. The molecular weight excluding hydrogens is 204 g/mol. The Morgan fingerprint density at radius 2 is 1.69 bits per heavy atom. The lowest BCUT2D eigenvalue weighted by atomic mass is 10.0. The van der Waals surface area contributed by atoms with Crippen LogP contribution in [0.4, 0.5) is 0 Å². The smallest absolute Gasteiger partial charge is 0.164 e. The van der Waals surface area contributed by atoms with E-state index in [1.807, 2.05) is 13.0 Å². The third kappa shape index (κ3) is 0.999. The predicted molar refractivity (Wildman–Crippen MR) is 60.7 cm³/mol. The number of benzene rings is 1. The van der Waals surface area contributed by atoms with Crippen LogP contribution in [0.2, 0.25) is 0 Å². The molecule has 3 heteroatoms. The first-order valence-corrected chi connectivity index (χ1v) is 5.08. The Morgan fingerprint density at radius 1 is 1.06 bits per heavy atom. The molecule has 0 saturated heterocycles. The zero-order chi connectivity index (χ0) is 11.3. The molecule has 2 heterocycles. The van der Waals surface area contributed by atoms with Gasteiger partial charge in [-0.05, 0) is 26.0 Å². The number of carbonyl (C=O) groups excluding carboxylic acids is 1. The molecule has 16 heavy (non-hydrogen) atoms. The maximum atomic E-state index is 11.7. The number of furan rings is 2. The van der Waals surface area contributed by atoms with Gasteiger partial charge in [-0.3, -0.25) is 4.79 Å². The molecule has 3 aromatic rings. The van der Waals surface area contributed by atoms with Crippen LogP contribution in [0.3, 0.4) is 0 Å². The molecule has 1 aromatic carbocycles. The zero-order valence-corrected chi connectivity index (χ0v) is 9.03. The minimum Gasteiger partial charge on any atom is -0.464 e. The number of rotatable bonds is 1. The van der Waals surface area contributed by atoms with E-state index >= 15 is 0 Å². The highest BCUT2D eigenvalue weighted by Gasteiger charge is 2.18. The summed E-state index contributed by atoms with van der Waals surface area (Å²) in [5, 5.41) is 1.76. The third-order valence-electron chi connectivity index (χ3n) is 2.92. The van der Waals surface area contributed by atoms with Gasteiger partial charge >= 0.3 is 0 Å². The van der Waals surface area contributed by atoms with Crippen molar-refractivity contribution in [3.63, 3.8) is 0 Å². The van der Waals surface area contributed by atoms with E-state index in [9.17, 15) is 4.79 Å². The third-order valence-corrected chi connectivity index (χ3v) is 2.92. The van der Waals surface area contributed by atoms with Crippen LogP contribution in [-0.4, -0.2) is 5.78 Å².